The van der Waals surface area contributed by atoms with Crippen molar-refractivity contribution in [3.8, 4) is 0 Å². The lowest BCUT2D eigenvalue weighted by Crippen LogP contribution is -2.64. The molecule has 0 radical (unpaired) electrons. The van der Waals surface area contributed by atoms with Crippen molar-refractivity contribution in [1.29, 1.82) is 0 Å². The Kier molecular flexibility index (Phi) is 5.18. The first kappa shape index (κ1) is 17.4. The number of rotatable bonds is 3. The maximum absolute atomic E-state index is 11.5. The van der Waals surface area contributed by atoms with E-state index >= 15 is 0 Å². The van der Waals surface area contributed by atoms with Crippen LogP contribution in [0.15, 0.2) is 0 Å². The first-order valence-corrected chi connectivity index (χ1v) is 6.89. The SMILES string of the molecule is CCC(=O)O[C@@H]1[C@H](OC(C)(C)C)OC(C)(C)C(O)[C@@H]1O. The molecule has 1 aliphatic rings. The normalized spacial score (nSPS) is 33.8. The molecule has 1 fully saturated rings. The molecule has 0 amide bonds. The number of carbonyl (C=O) groups excluding carboxylic acids is 1. The van der Waals surface area contributed by atoms with Crippen molar-refractivity contribution in [3.63, 3.8) is 0 Å². The van der Waals surface area contributed by atoms with Gasteiger partial charge in [0.05, 0.1) is 11.2 Å². The Balaban J connectivity index is 2.96. The van der Waals surface area contributed by atoms with Crippen LogP contribution >= 0.6 is 0 Å². The van der Waals surface area contributed by atoms with Crippen LogP contribution in [0.4, 0.5) is 0 Å². The number of carbonyl (C=O) groups is 1. The van der Waals surface area contributed by atoms with Crippen molar-refractivity contribution in [3.05, 3.63) is 0 Å². The van der Waals surface area contributed by atoms with Gasteiger partial charge in [0.2, 0.25) is 0 Å². The van der Waals surface area contributed by atoms with Crippen molar-refractivity contribution in [2.75, 3.05) is 0 Å². The molecule has 0 aromatic rings. The molecule has 0 saturated carbocycles. The third-order valence-electron chi connectivity index (χ3n) is 3.09. The van der Waals surface area contributed by atoms with Crippen molar-refractivity contribution >= 4 is 5.97 Å². The van der Waals surface area contributed by atoms with E-state index in [9.17, 15) is 15.0 Å². The van der Waals surface area contributed by atoms with Crippen LogP contribution in [0.25, 0.3) is 0 Å². The van der Waals surface area contributed by atoms with E-state index in [2.05, 4.69) is 0 Å². The largest absolute Gasteiger partial charge is 0.454 e. The number of aliphatic hydroxyl groups excluding tert-OH is 2. The molecule has 1 heterocycles. The number of ether oxygens (including phenoxy) is 3. The summed E-state index contributed by atoms with van der Waals surface area (Å²) in [6.45, 7) is 10.5. The lowest BCUT2D eigenvalue weighted by atomic mass is 9.89. The summed E-state index contributed by atoms with van der Waals surface area (Å²) in [7, 11) is 0. The Labute approximate surface area is 120 Å². The lowest BCUT2D eigenvalue weighted by molar-refractivity contribution is -0.342. The van der Waals surface area contributed by atoms with E-state index in [1.54, 1.807) is 20.8 Å². The maximum Gasteiger partial charge on any atom is 0.306 e. The summed E-state index contributed by atoms with van der Waals surface area (Å²) in [5.74, 6) is -0.480. The summed E-state index contributed by atoms with van der Waals surface area (Å²) in [5, 5.41) is 20.3. The lowest BCUT2D eigenvalue weighted by Gasteiger charge is -2.47. The van der Waals surface area contributed by atoms with E-state index in [4.69, 9.17) is 14.2 Å². The van der Waals surface area contributed by atoms with Gasteiger partial charge in [0.25, 0.3) is 0 Å². The van der Waals surface area contributed by atoms with Gasteiger partial charge in [-0.25, -0.2) is 0 Å². The molecule has 1 rings (SSSR count). The van der Waals surface area contributed by atoms with Crippen LogP contribution in [0.2, 0.25) is 0 Å². The van der Waals surface area contributed by atoms with Crippen LogP contribution in [0.5, 0.6) is 0 Å². The highest BCUT2D eigenvalue weighted by Gasteiger charge is 2.52. The van der Waals surface area contributed by atoms with Gasteiger partial charge in [-0.05, 0) is 34.6 Å². The minimum atomic E-state index is -1.26. The van der Waals surface area contributed by atoms with Crippen molar-refractivity contribution < 1.29 is 29.2 Å². The van der Waals surface area contributed by atoms with Crippen LogP contribution in [-0.4, -0.2) is 52.0 Å². The smallest absolute Gasteiger partial charge is 0.306 e. The minimum Gasteiger partial charge on any atom is -0.454 e. The molecule has 0 bridgehead atoms. The van der Waals surface area contributed by atoms with Crippen LogP contribution in [0, 0.1) is 0 Å². The number of esters is 1. The van der Waals surface area contributed by atoms with Gasteiger partial charge in [-0.15, -0.1) is 0 Å². The van der Waals surface area contributed by atoms with E-state index in [1.807, 2.05) is 20.8 Å². The summed E-state index contributed by atoms with van der Waals surface area (Å²) < 4.78 is 16.6. The van der Waals surface area contributed by atoms with Crippen molar-refractivity contribution in [1.82, 2.24) is 0 Å². The predicted octanol–water partition coefficient (Wildman–Crippen LogP) is 0.980. The molecule has 20 heavy (non-hydrogen) atoms. The highest BCUT2D eigenvalue weighted by atomic mass is 16.7. The van der Waals surface area contributed by atoms with Gasteiger partial charge in [0, 0.05) is 6.42 Å². The molecule has 6 nitrogen and oxygen atoms in total. The van der Waals surface area contributed by atoms with E-state index in [0.717, 1.165) is 0 Å². The molecule has 0 aromatic carbocycles. The second-order valence-electron chi connectivity index (χ2n) is 6.56. The fourth-order valence-electron chi connectivity index (χ4n) is 1.99. The number of hydrogen-bond donors (Lipinski definition) is 2. The molecule has 1 unspecified atom stereocenters. The standard InChI is InChI=1S/C14H26O6/c1-7-8(15)18-10-9(16)11(17)14(5,6)20-12(10)19-13(2,3)4/h9-12,16-17H,7H2,1-6H3/t9-,10+,11?,12-/m1/s1. The van der Waals surface area contributed by atoms with Crippen molar-refractivity contribution in [2.24, 2.45) is 0 Å². The monoisotopic (exact) mass is 290 g/mol. The molecule has 2 N–H and O–H groups in total. The van der Waals surface area contributed by atoms with Gasteiger partial charge in [0.15, 0.2) is 12.4 Å². The molecule has 1 saturated heterocycles. The average molecular weight is 290 g/mol. The summed E-state index contributed by atoms with van der Waals surface area (Å²) in [6.07, 6.45) is -4.24. The Bertz CT molecular complexity index is 346. The van der Waals surface area contributed by atoms with Gasteiger partial charge in [-0.1, -0.05) is 6.92 Å². The van der Waals surface area contributed by atoms with Gasteiger partial charge < -0.3 is 24.4 Å². The van der Waals surface area contributed by atoms with Gasteiger partial charge >= 0.3 is 5.97 Å². The summed E-state index contributed by atoms with van der Waals surface area (Å²) in [4.78, 5) is 11.5. The van der Waals surface area contributed by atoms with Gasteiger partial charge in [-0.3, -0.25) is 4.79 Å². The Hall–Kier alpha value is -0.690. The van der Waals surface area contributed by atoms with E-state index in [-0.39, 0.29) is 6.42 Å². The fraction of sp³-hybridized carbons (Fsp3) is 0.929. The maximum atomic E-state index is 11.5. The zero-order valence-electron chi connectivity index (χ0n) is 13.0. The molecular formula is C14H26O6. The summed E-state index contributed by atoms with van der Waals surface area (Å²) in [5.41, 5.74) is -1.54. The molecule has 1 aliphatic heterocycles. The Morgan fingerprint density at radius 2 is 1.85 bits per heavy atom. The molecule has 6 heteroatoms. The van der Waals surface area contributed by atoms with E-state index < -0.39 is 41.8 Å². The summed E-state index contributed by atoms with van der Waals surface area (Å²) >= 11 is 0. The topological polar surface area (TPSA) is 85.2 Å². The highest BCUT2D eigenvalue weighted by Crippen LogP contribution is 2.33. The molecular weight excluding hydrogens is 264 g/mol. The number of aliphatic hydroxyl groups is 2. The second kappa shape index (κ2) is 5.97. The van der Waals surface area contributed by atoms with E-state index in [1.165, 1.54) is 0 Å². The highest BCUT2D eigenvalue weighted by molar-refractivity contribution is 5.69. The van der Waals surface area contributed by atoms with Gasteiger partial charge in [-0.2, -0.15) is 0 Å². The van der Waals surface area contributed by atoms with Crippen LogP contribution in [-0.2, 0) is 19.0 Å². The first-order valence-electron chi connectivity index (χ1n) is 6.89. The Morgan fingerprint density at radius 3 is 2.30 bits per heavy atom. The molecule has 0 aromatic heterocycles. The first-order chi connectivity index (χ1) is 8.98. The quantitative estimate of drug-likeness (QED) is 0.754. The van der Waals surface area contributed by atoms with Crippen molar-refractivity contribution in [2.45, 2.75) is 83.8 Å². The molecule has 118 valence electrons. The van der Waals surface area contributed by atoms with Crippen LogP contribution < -0.4 is 0 Å². The van der Waals surface area contributed by atoms with Crippen LogP contribution in [0.1, 0.15) is 48.0 Å². The van der Waals surface area contributed by atoms with E-state index in [0.29, 0.717) is 0 Å². The second-order valence-corrected chi connectivity index (χ2v) is 6.56. The molecule has 0 spiro atoms. The Morgan fingerprint density at radius 1 is 1.30 bits per heavy atom. The van der Waals surface area contributed by atoms with Crippen LogP contribution in [0.3, 0.4) is 0 Å². The van der Waals surface area contributed by atoms with Gasteiger partial charge in [0.1, 0.15) is 12.2 Å². The zero-order chi connectivity index (χ0) is 15.7. The molecule has 0 aliphatic carbocycles. The third-order valence-corrected chi connectivity index (χ3v) is 3.09. The summed E-state index contributed by atoms with van der Waals surface area (Å²) in [6, 6.07) is 0. The number of hydrogen-bond acceptors (Lipinski definition) is 6. The fourth-order valence-corrected chi connectivity index (χ4v) is 1.99. The minimum absolute atomic E-state index is 0.172. The third kappa shape index (κ3) is 4.15. The average Bonchev–Trinajstić information content (AvgIpc) is 2.29. The predicted molar refractivity (Wildman–Crippen MR) is 72.0 cm³/mol. The molecule has 4 atom stereocenters. The zero-order valence-corrected chi connectivity index (χ0v) is 13.0.